The van der Waals surface area contributed by atoms with Gasteiger partial charge in [-0.3, -0.25) is 4.79 Å². The van der Waals surface area contributed by atoms with Crippen LogP contribution in [0.25, 0.3) is 0 Å². The third kappa shape index (κ3) is 4.10. The summed E-state index contributed by atoms with van der Waals surface area (Å²) in [5, 5.41) is 12.0. The Kier molecular flexibility index (Phi) is 5.37. The van der Waals surface area contributed by atoms with Gasteiger partial charge in [0.25, 0.3) is 5.91 Å². The van der Waals surface area contributed by atoms with Gasteiger partial charge in [0.05, 0.1) is 5.56 Å². The fourth-order valence-electron chi connectivity index (χ4n) is 2.25. The van der Waals surface area contributed by atoms with Gasteiger partial charge in [-0.05, 0) is 36.6 Å². The number of carbonyl (C=O) groups excluding carboxylic acids is 1. The van der Waals surface area contributed by atoms with E-state index >= 15 is 0 Å². The molecule has 0 saturated heterocycles. The van der Waals surface area contributed by atoms with Crippen molar-refractivity contribution >= 4 is 11.6 Å². The molecule has 2 rings (SSSR count). The van der Waals surface area contributed by atoms with Gasteiger partial charge in [0, 0.05) is 5.69 Å². The molecule has 23 heavy (non-hydrogen) atoms. The van der Waals surface area contributed by atoms with Gasteiger partial charge < -0.3 is 10.1 Å². The predicted molar refractivity (Wildman–Crippen MR) is 90.4 cm³/mol. The number of ether oxygens (including phenoxy) is 1. The topological polar surface area (TPSA) is 62.1 Å². The van der Waals surface area contributed by atoms with Gasteiger partial charge in [-0.25, -0.2) is 0 Å². The number of amides is 1. The Morgan fingerprint density at radius 1 is 1.09 bits per heavy atom. The van der Waals surface area contributed by atoms with Crippen LogP contribution in [-0.2, 0) is 4.79 Å². The van der Waals surface area contributed by atoms with Crippen LogP contribution in [0, 0.1) is 11.3 Å². The number of nitrogens with one attached hydrogen (secondary N) is 1. The minimum Gasteiger partial charge on any atom is -0.480 e. The Balaban J connectivity index is 2.11. The van der Waals surface area contributed by atoms with E-state index in [2.05, 4.69) is 25.2 Å². The van der Waals surface area contributed by atoms with Gasteiger partial charge in [-0.2, -0.15) is 5.26 Å². The van der Waals surface area contributed by atoms with Gasteiger partial charge in [0.15, 0.2) is 6.10 Å². The highest BCUT2D eigenvalue weighted by Crippen LogP contribution is 2.24. The summed E-state index contributed by atoms with van der Waals surface area (Å²) < 4.78 is 5.64. The van der Waals surface area contributed by atoms with E-state index < -0.39 is 6.10 Å². The van der Waals surface area contributed by atoms with E-state index in [1.807, 2.05) is 24.3 Å². The SMILES string of the molecule is CC(Oc1ccccc1C#N)C(=O)Nc1ccccc1C(C)C. The zero-order chi connectivity index (χ0) is 16.8. The van der Waals surface area contributed by atoms with Gasteiger partial charge in [-0.15, -0.1) is 0 Å². The Morgan fingerprint density at radius 3 is 2.43 bits per heavy atom. The van der Waals surface area contributed by atoms with Crippen LogP contribution >= 0.6 is 0 Å². The van der Waals surface area contributed by atoms with Crippen molar-refractivity contribution in [2.45, 2.75) is 32.8 Å². The summed E-state index contributed by atoms with van der Waals surface area (Å²) in [7, 11) is 0. The number of benzene rings is 2. The molecule has 0 saturated carbocycles. The molecule has 0 aliphatic rings. The first-order valence-electron chi connectivity index (χ1n) is 7.58. The van der Waals surface area contributed by atoms with Gasteiger partial charge >= 0.3 is 0 Å². The molecule has 1 atom stereocenters. The maximum absolute atomic E-state index is 12.4. The van der Waals surface area contributed by atoms with E-state index in [9.17, 15) is 4.79 Å². The van der Waals surface area contributed by atoms with Crippen LogP contribution in [0.3, 0.4) is 0 Å². The highest BCUT2D eigenvalue weighted by Gasteiger charge is 2.18. The van der Waals surface area contributed by atoms with E-state index in [-0.39, 0.29) is 5.91 Å². The van der Waals surface area contributed by atoms with Crippen molar-refractivity contribution in [3.8, 4) is 11.8 Å². The van der Waals surface area contributed by atoms with Gasteiger partial charge in [0.2, 0.25) is 0 Å². The average molecular weight is 308 g/mol. The molecule has 0 aromatic heterocycles. The minimum absolute atomic E-state index is 0.245. The number of hydrogen-bond donors (Lipinski definition) is 1. The first-order chi connectivity index (χ1) is 11.0. The number of nitrogens with zero attached hydrogens (tertiary/aromatic N) is 1. The monoisotopic (exact) mass is 308 g/mol. The Bertz CT molecular complexity index is 732. The van der Waals surface area contributed by atoms with Crippen molar-refractivity contribution in [1.29, 1.82) is 5.26 Å². The van der Waals surface area contributed by atoms with Gasteiger partial charge in [0.1, 0.15) is 11.8 Å². The molecular weight excluding hydrogens is 288 g/mol. The molecule has 2 aromatic rings. The normalized spacial score (nSPS) is 11.6. The fourth-order valence-corrected chi connectivity index (χ4v) is 2.25. The summed E-state index contributed by atoms with van der Waals surface area (Å²) in [5.74, 6) is 0.475. The van der Waals surface area contributed by atoms with Crippen LogP contribution in [0.4, 0.5) is 5.69 Å². The molecule has 1 N–H and O–H groups in total. The number of rotatable bonds is 5. The summed E-state index contributed by atoms with van der Waals surface area (Å²) in [6.45, 7) is 5.82. The first kappa shape index (κ1) is 16.6. The summed E-state index contributed by atoms with van der Waals surface area (Å²) >= 11 is 0. The number of carbonyl (C=O) groups is 1. The van der Waals surface area contributed by atoms with Crippen molar-refractivity contribution in [2.75, 3.05) is 5.32 Å². The Labute approximate surface area is 136 Å². The summed E-state index contributed by atoms with van der Waals surface area (Å²) in [6.07, 6.45) is -0.704. The number of hydrogen-bond acceptors (Lipinski definition) is 3. The summed E-state index contributed by atoms with van der Waals surface area (Å²) in [4.78, 5) is 12.4. The molecule has 4 nitrogen and oxygen atoms in total. The second kappa shape index (κ2) is 7.46. The quantitative estimate of drug-likeness (QED) is 0.905. The van der Waals surface area contributed by atoms with Crippen molar-refractivity contribution in [3.05, 3.63) is 59.7 Å². The average Bonchev–Trinajstić information content (AvgIpc) is 2.55. The molecule has 0 bridgehead atoms. The molecule has 0 radical (unpaired) electrons. The molecule has 0 spiro atoms. The zero-order valence-corrected chi connectivity index (χ0v) is 13.5. The molecule has 118 valence electrons. The predicted octanol–water partition coefficient (Wildman–Crippen LogP) is 4.09. The Morgan fingerprint density at radius 2 is 1.74 bits per heavy atom. The van der Waals surface area contributed by atoms with Crippen LogP contribution in [0.2, 0.25) is 0 Å². The maximum atomic E-state index is 12.4. The summed E-state index contributed by atoms with van der Waals surface area (Å²) in [5.41, 5.74) is 2.27. The van der Waals surface area contributed by atoms with E-state index in [0.717, 1.165) is 11.3 Å². The van der Waals surface area contributed by atoms with E-state index in [1.54, 1.807) is 31.2 Å². The van der Waals surface area contributed by atoms with E-state index in [4.69, 9.17) is 10.00 Å². The van der Waals surface area contributed by atoms with Crippen LogP contribution in [0.15, 0.2) is 48.5 Å². The number of nitriles is 1. The lowest BCUT2D eigenvalue weighted by Crippen LogP contribution is -2.30. The highest BCUT2D eigenvalue weighted by molar-refractivity contribution is 5.94. The van der Waals surface area contributed by atoms with Crippen LogP contribution in [0.5, 0.6) is 5.75 Å². The second-order valence-electron chi connectivity index (χ2n) is 5.60. The van der Waals surface area contributed by atoms with Gasteiger partial charge in [-0.1, -0.05) is 44.2 Å². The molecule has 0 aliphatic carbocycles. The fraction of sp³-hybridized carbons (Fsp3) is 0.263. The standard InChI is InChI=1S/C19H20N2O2/c1-13(2)16-9-5-6-10-17(16)21-19(22)14(3)23-18-11-7-4-8-15(18)12-20/h4-11,13-14H,1-3H3,(H,21,22). The Hall–Kier alpha value is -2.80. The van der Waals surface area contributed by atoms with Crippen LogP contribution in [-0.4, -0.2) is 12.0 Å². The third-order valence-electron chi connectivity index (χ3n) is 3.52. The minimum atomic E-state index is -0.704. The largest absolute Gasteiger partial charge is 0.480 e. The summed E-state index contributed by atoms with van der Waals surface area (Å²) in [6, 6.07) is 16.6. The van der Waals surface area contributed by atoms with Crippen LogP contribution in [0.1, 0.15) is 37.8 Å². The maximum Gasteiger partial charge on any atom is 0.265 e. The second-order valence-corrected chi connectivity index (χ2v) is 5.60. The van der Waals surface area contributed by atoms with Crippen molar-refractivity contribution < 1.29 is 9.53 Å². The first-order valence-corrected chi connectivity index (χ1v) is 7.58. The molecule has 1 unspecified atom stereocenters. The lowest BCUT2D eigenvalue weighted by atomic mass is 10.0. The van der Waals surface area contributed by atoms with E-state index in [0.29, 0.717) is 17.2 Å². The lowest BCUT2D eigenvalue weighted by molar-refractivity contribution is -0.122. The molecule has 1 amide bonds. The van der Waals surface area contributed by atoms with Crippen LogP contribution < -0.4 is 10.1 Å². The van der Waals surface area contributed by atoms with Crippen molar-refractivity contribution in [2.24, 2.45) is 0 Å². The van der Waals surface area contributed by atoms with E-state index in [1.165, 1.54) is 0 Å². The van der Waals surface area contributed by atoms with Crippen molar-refractivity contribution in [3.63, 3.8) is 0 Å². The van der Waals surface area contributed by atoms with Crippen molar-refractivity contribution in [1.82, 2.24) is 0 Å². The lowest BCUT2D eigenvalue weighted by Gasteiger charge is -2.18. The molecule has 0 aliphatic heterocycles. The molecule has 2 aromatic carbocycles. The number of para-hydroxylation sites is 2. The smallest absolute Gasteiger partial charge is 0.265 e. The molecule has 0 fully saturated rings. The number of anilines is 1. The highest BCUT2D eigenvalue weighted by atomic mass is 16.5. The molecular formula is C19H20N2O2. The molecule has 4 heteroatoms. The molecule has 0 heterocycles. The zero-order valence-electron chi connectivity index (χ0n) is 13.5. The third-order valence-corrected chi connectivity index (χ3v) is 3.52.